The summed E-state index contributed by atoms with van der Waals surface area (Å²) >= 11 is 0. The summed E-state index contributed by atoms with van der Waals surface area (Å²) in [5.74, 6) is 0. The first-order valence-electron chi connectivity index (χ1n) is 14.3. The Hall–Kier alpha value is -1.52. The van der Waals surface area contributed by atoms with E-state index < -0.39 is 0 Å². The fraction of sp³-hybridized carbons (Fsp3) is 0.733. The number of piperidine rings is 1. The van der Waals surface area contributed by atoms with Crippen molar-refractivity contribution in [2.24, 2.45) is 4.99 Å². The minimum Gasteiger partial charge on any atom is -0.381 e. The number of allylic oxidation sites excluding steroid dienone is 1. The number of pyridine rings is 1. The molecule has 0 aromatic carbocycles. The number of ether oxygens (including phenoxy) is 1. The molecule has 0 bridgehead atoms. The van der Waals surface area contributed by atoms with Gasteiger partial charge in [0, 0.05) is 44.4 Å². The summed E-state index contributed by atoms with van der Waals surface area (Å²) in [6, 6.07) is 5.72. The minimum absolute atomic E-state index is 1.00. The highest BCUT2D eigenvalue weighted by atomic mass is 16.5. The molecule has 2 aliphatic carbocycles. The molecular weight excluding hydrogens is 418 g/mol. The second-order valence-electron chi connectivity index (χ2n) is 9.35. The van der Waals surface area contributed by atoms with Gasteiger partial charge in [-0.05, 0) is 57.3 Å². The quantitative estimate of drug-likeness (QED) is 0.414. The molecule has 34 heavy (non-hydrogen) atoms. The summed E-state index contributed by atoms with van der Waals surface area (Å²) in [6.45, 7) is 4.50. The average Bonchev–Trinajstić information content (AvgIpc) is 3.74. The van der Waals surface area contributed by atoms with E-state index in [1.807, 2.05) is 30.5 Å². The molecule has 1 aromatic heterocycles. The molecule has 4 fully saturated rings. The number of nitrogens with zero attached hydrogens (tertiary/aromatic N) is 2. The number of aliphatic imine (C=N–C) groups is 1. The van der Waals surface area contributed by atoms with Gasteiger partial charge in [0.15, 0.2) is 0 Å². The summed E-state index contributed by atoms with van der Waals surface area (Å²) in [7, 11) is 0. The van der Waals surface area contributed by atoms with Gasteiger partial charge in [-0.25, -0.2) is 0 Å². The number of rotatable bonds is 0. The minimum atomic E-state index is 1.00. The van der Waals surface area contributed by atoms with Gasteiger partial charge in [-0.2, -0.15) is 0 Å². The molecule has 2 saturated carbocycles. The van der Waals surface area contributed by atoms with E-state index >= 15 is 0 Å². The maximum Gasteiger partial charge on any atom is 0.0466 e. The van der Waals surface area contributed by atoms with Crippen molar-refractivity contribution in [1.82, 2.24) is 10.3 Å². The largest absolute Gasteiger partial charge is 0.381 e. The smallest absolute Gasteiger partial charge is 0.0466 e. The maximum absolute atomic E-state index is 5.07. The normalized spacial score (nSPS) is 20.2. The molecular formula is C30H53N3O. The van der Waals surface area contributed by atoms with Crippen LogP contribution < -0.4 is 5.32 Å². The summed E-state index contributed by atoms with van der Waals surface area (Å²) in [6.07, 6.45) is 34.9. The first kappa shape index (κ1) is 30.5. The SMILES string of the molecule is C1=CN=CC1.C1CCCC1.C1CCCCC1.C1CCNCC1.C1CCOCC1.c1ccncc1. The lowest BCUT2D eigenvalue weighted by atomic mass is 10.0. The molecule has 4 heteroatoms. The number of nitrogens with one attached hydrogen (secondary N) is 1. The third kappa shape index (κ3) is 25.1. The van der Waals surface area contributed by atoms with E-state index in [2.05, 4.69) is 15.3 Å². The predicted octanol–water partition coefficient (Wildman–Crippen LogP) is 8.29. The Morgan fingerprint density at radius 2 is 1.00 bits per heavy atom. The second-order valence-corrected chi connectivity index (χ2v) is 9.35. The van der Waals surface area contributed by atoms with Crippen LogP contribution in [0.1, 0.15) is 116 Å². The summed E-state index contributed by atoms with van der Waals surface area (Å²) < 4.78 is 5.07. The van der Waals surface area contributed by atoms with Crippen molar-refractivity contribution in [3.05, 3.63) is 42.9 Å². The Kier molecular flexibility index (Phi) is 24.9. The van der Waals surface area contributed by atoms with Crippen LogP contribution in [0.2, 0.25) is 0 Å². The van der Waals surface area contributed by atoms with E-state index in [1.165, 1.54) is 122 Å². The number of hydrogen-bond acceptors (Lipinski definition) is 4. The fourth-order valence-corrected chi connectivity index (χ4v) is 4.05. The molecule has 1 aromatic rings. The fourth-order valence-electron chi connectivity index (χ4n) is 4.05. The van der Waals surface area contributed by atoms with E-state index in [4.69, 9.17) is 4.74 Å². The van der Waals surface area contributed by atoms with Gasteiger partial charge in [-0.15, -0.1) is 0 Å². The van der Waals surface area contributed by atoms with Crippen LogP contribution >= 0.6 is 0 Å². The Labute approximate surface area is 211 Å². The van der Waals surface area contributed by atoms with E-state index in [9.17, 15) is 0 Å². The van der Waals surface area contributed by atoms with Crippen LogP contribution in [-0.4, -0.2) is 37.5 Å². The molecule has 3 aliphatic heterocycles. The highest BCUT2D eigenvalue weighted by Gasteiger charge is 1.96. The zero-order chi connectivity index (χ0) is 24.0. The van der Waals surface area contributed by atoms with E-state index in [0.717, 1.165) is 19.6 Å². The molecule has 6 rings (SSSR count). The van der Waals surface area contributed by atoms with Gasteiger partial charge in [-0.3, -0.25) is 9.98 Å². The topological polar surface area (TPSA) is 46.5 Å². The molecule has 5 aliphatic rings. The molecule has 0 amide bonds. The van der Waals surface area contributed by atoms with Crippen LogP contribution in [-0.2, 0) is 4.74 Å². The van der Waals surface area contributed by atoms with Crippen molar-refractivity contribution in [2.45, 2.75) is 116 Å². The van der Waals surface area contributed by atoms with Crippen LogP contribution in [0.5, 0.6) is 0 Å². The summed E-state index contributed by atoms with van der Waals surface area (Å²) in [5.41, 5.74) is 0. The van der Waals surface area contributed by atoms with Crippen molar-refractivity contribution in [3.8, 4) is 0 Å². The van der Waals surface area contributed by atoms with Gasteiger partial charge in [0.1, 0.15) is 0 Å². The first-order chi connectivity index (χ1) is 17.0. The zero-order valence-corrected chi connectivity index (χ0v) is 22.0. The van der Waals surface area contributed by atoms with E-state index in [-0.39, 0.29) is 0 Å². The van der Waals surface area contributed by atoms with Gasteiger partial charge in [0.25, 0.3) is 0 Å². The average molecular weight is 472 g/mol. The van der Waals surface area contributed by atoms with Crippen molar-refractivity contribution in [1.29, 1.82) is 0 Å². The lowest BCUT2D eigenvalue weighted by Crippen LogP contribution is -2.21. The Balaban J connectivity index is 0.000000204. The van der Waals surface area contributed by atoms with E-state index in [1.54, 1.807) is 18.6 Å². The highest BCUT2D eigenvalue weighted by Crippen LogP contribution is 2.15. The van der Waals surface area contributed by atoms with Gasteiger partial charge in [0.2, 0.25) is 0 Å². The first-order valence-corrected chi connectivity index (χ1v) is 14.3. The molecule has 4 nitrogen and oxygen atoms in total. The number of aromatic nitrogens is 1. The van der Waals surface area contributed by atoms with Gasteiger partial charge in [-0.1, -0.05) is 89.2 Å². The van der Waals surface area contributed by atoms with Crippen molar-refractivity contribution in [3.63, 3.8) is 0 Å². The molecule has 2 saturated heterocycles. The second kappa shape index (κ2) is 27.7. The standard InChI is InChI=1S/C6H12.C5H11N.C5H5N.C5H10O.C5H10.C4H5N/c4*1-2-4-6-5-3-1;2*1-2-4-5-3-1/h1-6H2;6H,1-5H2;1-5H;1-5H2;1-5H2;1,3-4H,2H2. The lowest BCUT2D eigenvalue weighted by Gasteiger charge is -2.08. The highest BCUT2D eigenvalue weighted by molar-refractivity contribution is 5.62. The Morgan fingerprint density at radius 3 is 1.15 bits per heavy atom. The maximum atomic E-state index is 5.07. The molecule has 4 heterocycles. The van der Waals surface area contributed by atoms with Gasteiger partial charge in [0.05, 0.1) is 0 Å². The zero-order valence-electron chi connectivity index (χ0n) is 22.0. The van der Waals surface area contributed by atoms with Crippen LogP contribution in [0.15, 0.2) is 47.9 Å². The Bertz CT molecular complexity index is 424. The lowest BCUT2D eigenvalue weighted by molar-refractivity contribution is 0.0968. The third-order valence-corrected chi connectivity index (χ3v) is 6.14. The van der Waals surface area contributed by atoms with Crippen molar-refractivity contribution in [2.75, 3.05) is 26.3 Å². The molecule has 194 valence electrons. The van der Waals surface area contributed by atoms with Crippen LogP contribution in [0.25, 0.3) is 0 Å². The molecule has 1 N–H and O–H groups in total. The van der Waals surface area contributed by atoms with Crippen LogP contribution in [0, 0.1) is 0 Å². The third-order valence-electron chi connectivity index (χ3n) is 6.14. The monoisotopic (exact) mass is 471 g/mol. The summed E-state index contributed by atoms with van der Waals surface area (Å²) in [5, 5.41) is 3.28. The van der Waals surface area contributed by atoms with Crippen LogP contribution in [0.4, 0.5) is 0 Å². The van der Waals surface area contributed by atoms with E-state index in [0.29, 0.717) is 0 Å². The summed E-state index contributed by atoms with van der Waals surface area (Å²) in [4.78, 5) is 7.56. The molecule has 0 unspecified atom stereocenters. The predicted molar refractivity (Wildman–Crippen MR) is 149 cm³/mol. The Morgan fingerprint density at radius 1 is 0.529 bits per heavy atom. The molecule has 0 spiro atoms. The molecule has 0 atom stereocenters. The van der Waals surface area contributed by atoms with Crippen LogP contribution in [0.3, 0.4) is 0 Å². The van der Waals surface area contributed by atoms with Gasteiger partial charge >= 0.3 is 0 Å². The van der Waals surface area contributed by atoms with Crippen molar-refractivity contribution >= 4 is 6.21 Å². The molecule has 0 radical (unpaired) electrons. The number of hydrogen-bond donors (Lipinski definition) is 1. The van der Waals surface area contributed by atoms with Gasteiger partial charge < -0.3 is 10.1 Å². The van der Waals surface area contributed by atoms with Crippen molar-refractivity contribution < 1.29 is 4.74 Å².